The van der Waals surface area contributed by atoms with Gasteiger partial charge in [0.25, 0.3) is 0 Å². The molecule has 0 unspecified atom stereocenters. The number of carboxylic acids is 1. The van der Waals surface area contributed by atoms with Crippen LogP contribution >= 0.6 is 11.6 Å². The molecule has 1 aromatic carbocycles. The van der Waals surface area contributed by atoms with Gasteiger partial charge >= 0.3 is 5.97 Å². The molecule has 7 heteroatoms. The number of benzene rings is 1. The van der Waals surface area contributed by atoms with Crippen molar-refractivity contribution in [2.45, 2.75) is 31.1 Å². The highest BCUT2D eigenvalue weighted by atomic mass is 35.5. The van der Waals surface area contributed by atoms with E-state index in [1.54, 1.807) is 25.1 Å². The average Bonchev–Trinajstić information content (AvgIpc) is 2.99. The van der Waals surface area contributed by atoms with Gasteiger partial charge in [0.05, 0.1) is 10.4 Å². The SMILES string of the molecule is Cc1ccc(Cl)c(S(=O)(=O)N2C[C@@H]3CCC[C@@]3(C(=O)O)C2)c1. The van der Waals surface area contributed by atoms with Crippen LogP contribution in [0.15, 0.2) is 23.1 Å². The largest absolute Gasteiger partial charge is 0.481 e. The van der Waals surface area contributed by atoms with Gasteiger partial charge in [0.15, 0.2) is 0 Å². The van der Waals surface area contributed by atoms with Crippen LogP contribution in [0.4, 0.5) is 0 Å². The fourth-order valence-corrected chi connectivity index (χ4v) is 5.84. The fraction of sp³-hybridized carbons (Fsp3) is 0.533. The smallest absolute Gasteiger partial charge is 0.311 e. The van der Waals surface area contributed by atoms with Crippen molar-refractivity contribution < 1.29 is 18.3 Å². The van der Waals surface area contributed by atoms with Crippen LogP contribution in [0.5, 0.6) is 0 Å². The molecule has 1 N–H and O–H groups in total. The average molecular weight is 344 g/mol. The summed E-state index contributed by atoms with van der Waals surface area (Å²) in [6.07, 6.45) is 2.15. The first-order chi connectivity index (χ1) is 10.3. The Bertz CT molecular complexity index is 733. The molecule has 2 aliphatic rings. The van der Waals surface area contributed by atoms with E-state index in [1.165, 1.54) is 4.31 Å². The molecule has 0 amide bonds. The summed E-state index contributed by atoms with van der Waals surface area (Å²) in [5.41, 5.74) is -0.126. The summed E-state index contributed by atoms with van der Waals surface area (Å²) in [5.74, 6) is -0.994. The molecule has 0 bridgehead atoms. The lowest BCUT2D eigenvalue weighted by molar-refractivity contribution is -0.149. The molecule has 1 aliphatic heterocycles. The van der Waals surface area contributed by atoms with E-state index in [9.17, 15) is 18.3 Å². The van der Waals surface area contributed by atoms with Crippen molar-refractivity contribution in [1.29, 1.82) is 0 Å². The van der Waals surface area contributed by atoms with Gasteiger partial charge < -0.3 is 5.11 Å². The lowest BCUT2D eigenvalue weighted by Crippen LogP contribution is -2.37. The highest BCUT2D eigenvalue weighted by Gasteiger charge is 2.57. The Balaban J connectivity index is 1.98. The highest BCUT2D eigenvalue weighted by molar-refractivity contribution is 7.89. The summed E-state index contributed by atoms with van der Waals surface area (Å²) >= 11 is 6.05. The summed E-state index contributed by atoms with van der Waals surface area (Å²) in [4.78, 5) is 11.8. The normalized spacial score (nSPS) is 28.7. The minimum absolute atomic E-state index is 0.0413. The number of fused-ring (bicyclic) bond motifs is 1. The third-order valence-electron chi connectivity index (χ3n) is 4.97. The minimum Gasteiger partial charge on any atom is -0.481 e. The summed E-state index contributed by atoms with van der Waals surface area (Å²) in [6, 6.07) is 4.85. The number of hydrogen-bond donors (Lipinski definition) is 1. The Kier molecular flexibility index (Phi) is 3.74. The first-order valence-corrected chi connectivity index (χ1v) is 9.09. The lowest BCUT2D eigenvalue weighted by atomic mass is 9.81. The number of nitrogens with zero attached hydrogens (tertiary/aromatic N) is 1. The number of aliphatic carboxylic acids is 1. The van der Waals surface area contributed by atoms with Crippen LogP contribution in [0.2, 0.25) is 5.02 Å². The van der Waals surface area contributed by atoms with Crippen molar-refractivity contribution in [1.82, 2.24) is 4.31 Å². The Morgan fingerprint density at radius 3 is 2.82 bits per heavy atom. The van der Waals surface area contributed by atoms with Crippen LogP contribution in [0.1, 0.15) is 24.8 Å². The maximum atomic E-state index is 12.9. The van der Waals surface area contributed by atoms with Gasteiger partial charge in [-0.25, -0.2) is 8.42 Å². The van der Waals surface area contributed by atoms with Crippen molar-refractivity contribution in [3.8, 4) is 0 Å². The molecule has 3 rings (SSSR count). The van der Waals surface area contributed by atoms with Crippen molar-refractivity contribution in [2.24, 2.45) is 11.3 Å². The van der Waals surface area contributed by atoms with Crippen LogP contribution in [-0.4, -0.2) is 36.9 Å². The molecule has 1 saturated carbocycles. The molecule has 0 radical (unpaired) electrons. The number of carbonyl (C=O) groups is 1. The van der Waals surface area contributed by atoms with Crippen LogP contribution < -0.4 is 0 Å². The van der Waals surface area contributed by atoms with E-state index in [1.807, 2.05) is 0 Å². The molecule has 0 spiro atoms. The third-order valence-corrected chi connectivity index (χ3v) is 7.26. The number of hydrogen-bond acceptors (Lipinski definition) is 3. The molecular formula is C15H18ClNO4S. The first-order valence-electron chi connectivity index (χ1n) is 7.27. The third kappa shape index (κ3) is 2.25. The van der Waals surface area contributed by atoms with E-state index in [4.69, 9.17) is 11.6 Å². The Morgan fingerprint density at radius 1 is 1.45 bits per heavy atom. The van der Waals surface area contributed by atoms with Gasteiger partial charge in [-0.3, -0.25) is 4.79 Å². The van der Waals surface area contributed by atoms with E-state index in [0.717, 1.165) is 18.4 Å². The predicted octanol–water partition coefficient (Wildman–Crippen LogP) is 2.52. The van der Waals surface area contributed by atoms with Gasteiger partial charge in [0.2, 0.25) is 10.0 Å². The zero-order valence-corrected chi connectivity index (χ0v) is 13.8. The lowest BCUT2D eigenvalue weighted by Gasteiger charge is -2.23. The van der Waals surface area contributed by atoms with E-state index in [2.05, 4.69) is 0 Å². The molecule has 22 heavy (non-hydrogen) atoms. The number of rotatable bonds is 3. The van der Waals surface area contributed by atoms with Crippen molar-refractivity contribution in [2.75, 3.05) is 13.1 Å². The molecule has 1 saturated heterocycles. The summed E-state index contributed by atoms with van der Waals surface area (Å²) in [7, 11) is -3.77. The number of sulfonamides is 1. The van der Waals surface area contributed by atoms with Gasteiger partial charge in [0.1, 0.15) is 4.90 Å². The monoisotopic (exact) mass is 343 g/mol. The van der Waals surface area contributed by atoms with Crippen molar-refractivity contribution in [3.63, 3.8) is 0 Å². The summed E-state index contributed by atoms with van der Waals surface area (Å²) in [5, 5.41) is 9.75. The van der Waals surface area contributed by atoms with Crippen LogP contribution in [0.25, 0.3) is 0 Å². The minimum atomic E-state index is -3.77. The van der Waals surface area contributed by atoms with E-state index < -0.39 is 21.4 Å². The molecule has 1 heterocycles. The molecule has 120 valence electrons. The van der Waals surface area contributed by atoms with Crippen LogP contribution in [0, 0.1) is 18.3 Å². The van der Waals surface area contributed by atoms with Gasteiger partial charge in [-0.15, -0.1) is 0 Å². The van der Waals surface area contributed by atoms with Gasteiger partial charge in [0, 0.05) is 13.1 Å². The highest BCUT2D eigenvalue weighted by Crippen LogP contribution is 2.50. The molecule has 2 fully saturated rings. The predicted molar refractivity (Wildman–Crippen MR) is 82.4 cm³/mol. The van der Waals surface area contributed by atoms with Crippen molar-refractivity contribution >= 4 is 27.6 Å². The second-order valence-corrected chi connectivity index (χ2v) is 8.60. The second-order valence-electron chi connectivity index (χ2n) is 6.28. The van der Waals surface area contributed by atoms with Gasteiger partial charge in [-0.05, 0) is 43.4 Å². The Labute approximate surface area is 134 Å². The van der Waals surface area contributed by atoms with Gasteiger partial charge in [-0.2, -0.15) is 4.31 Å². The van der Waals surface area contributed by atoms with Gasteiger partial charge in [-0.1, -0.05) is 24.1 Å². The first kappa shape index (κ1) is 15.8. The van der Waals surface area contributed by atoms with E-state index >= 15 is 0 Å². The topological polar surface area (TPSA) is 74.7 Å². The number of carboxylic acid groups (broad SMARTS) is 1. The Morgan fingerprint density at radius 2 is 2.18 bits per heavy atom. The molecule has 1 aliphatic carbocycles. The van der Waals surface area contributed by atoms with E-state index in [-0.39, 0.29) is 28.9 Å². The fourth-order valence-electron chi connectivity index (χ4n) is 3.72. The zero-order valence-electron chi connectivity index (χ0n) is 12.3. The maximum absolute atomic E-state index is 12.9. The zero-order chi connectivity index (χ0) is 16.1. The molecular weight excluding hydrogens is 326 g/mol. The van der Waals surface area contributed by atoms with E-state index in [0.29, 0.717) is 6.42 Å². The molecule has 5 nitrogen and oxygen atoms in total. The molecule has 0 aromatic heterocycles. The number of halogens is 1. The Hall–Kier alpha value is -1.11. The van der Waals surface area contributed by atoms with Crippen LogP contribution in [0.3, 0.4) is 0 Å². The maximum Gasteiger partial charge on any atom is 0.311 e. The molecule has 2 atom stereocenters. The summed E-state index contributed by atoms with van der Waals surface area (Å²) < 4.78 is 27.0. The van der Waals surface area contributed by atoms with Crippen molar-refractivity contribution in [3.05, 3.63) is 28.8 Å². The number of aryl methyl sites for hydroxylation is 1. The summed E-state index contributed by atoms with van der Waals surface area (Å²) in [6.45, 7) is 2.10. The van der Waals surface area contributed by atoms with Crippen LogP contribution in [-0.2, 0) is 14.8 Å². The standard InChI is InChI=1S/C15H18ClNO4S/c1-10-4-5-12(16)13(7-10)22(20,21)17-8-11-3-2-6-15(11,9-17)14(18)19/h4-5,7,11H,2-3,6,8-9H2,1H3,(H,18,19)/t11-,15+/m0/s1. The molecule has 1 aromatic rings. The quantitative estimate of drug-likeness (QED) is 0.915. The second kappa shape index (κ2) is 5.22.